The number of carbonyl (C=O) groups excluding carboxylic acids is 2. The number of amides is 1. The summed E-state index contributed by atoms with van der Waals surface area (Å²) in [6.07, 6.45) is 7.11. The zero-order valence-electron chi connectivity index (χ0n) is 28.8. The van der Waals surface area contributed by atoms with E-state index >= 15 is 0 Å². The Morgan fingerprint density at radius 3 is 2.29 bits per heavy atom. The first kappa shape index (κ1) is 34.2. The molecule has 2 saturated carbocycles. The molecule has 51 heavy (non-hydrogen) atoms. The number of carbonyl (C=O) groups is 2. The fourth-order valence-electron chi connectivity index (χ4n) is 6.62. The van der Waals surface area contributed by atoms with E-state index in [9.17, 15) is 9.59 Å². The van der Waals surface area contributed by atoms with Crippen molar-refractivity contribution in [2.45, 2.75) is 62.7 Å². The van der Waals surface area contributed by atoms with Crippen molar-refractivity contribution in [3.05, 3.63) is 142 Å². The van der Waals surface area contributed by atoms with E-state index in [1.165, 1.54) is 5.56 Å². The van der Waals surface area contributed by atoms with E-state index in [0.29, 0.717) is 18.7 Å². The lowest BCUT2D eigenvalue weighted by molar-refractivity contribution is -0.121. The number of hydrogen-bond donors (Lipinski definition) is 1. The van der Waals surface area contributed by atoms with Crippen LogP contribution in [0.15, 0.2) is 103 Å². The molecule has 0 atom stereocenters. The number of pyridine rings is 2. The van der Waals surface area contributed by atoms with Gasteiger partial charge >= 0.3 is 0 Å². The smallest absolute Gasteiger partial charge is 0.236 e. The van der Waals surface area contributed by atoms with Crippen molar-refractivity contribution in [1.29, 1.82) is 0 Å². The first-order valence-corrected chi connectivity index (χ1v) is 17.7. The molecule has 3 aliphatic rings. The molecule has 9 heteroatoms. The SMILES string of the molecule is CCc1ccnc(NC(=O)C2(c3ccc(OC)cc3)CC2)c1.O=C(Cc1cccc(Cc2ccccc2Cl)n1)C1(c2ccc3c(c2)OCO3)CC1.[HH]. The minimum absolute atomic E-state index is 0. The molecule has 1 amide bonds. The summed E-state index contributed by atoms with van der Waals surface area (Å²) in [5, 5.41) is 3.70. The second-order valence-electron chi connectivity index (χ2n) is 13.3. The number of methoxy groups -OCH3 is 1. The van der Waals surface area contributed by atoms with Gasteiger partial charge in [-0.1, -0.05) is 61.0 Å². The molecule has 5 aromatic rings. The number of aryl methyl sites for hydroxylation is 1. The summed E-state index contributed by atoms with van der Waals surface area (Å²) in [6.45, 7) is 2.32. The zero-order chi connectivity index (χ0) is 35.4. The Balaban J connectivity index is 0.000000182. The van der Waals surface area contributed by atoms with Gasteiger partial charge in [-0.2, -0.15) is 0 Å². The third-order valence-corrected chi connectivity index (χ3v) is 10.4. The first-order valence-electron chi connectivity index (χ1n) is 17.3. The average Bonchev–Trinajstić information content (AvgIpc) is 4.09. The number of benzene rings is 3. The number of nitrogens with one attached hydrogen (secondary N) is 1. The molecule has 262 valence electrons. The number of nitrogens with zero attached hydrogens (tertiary/aromatic N) is 2. The number of ether oxygens (including phenoxy) is 3. The Labute approximate surface area is 304 Å². The number of ketones is 1. The summed E-state index contributed by atoms with van der Waals surface area (Å²) in [5.41, 5.74) is 5.14. The zero-order valence-corrected chi connectivity index (χ0v) is 29.5. The van der Waals surface area contributed by atoms with Crippen molar-refractivity contribution < 1.29 is 25.2 Å². The molecular weight excluding hydrogens is 662 g/mol. The highest BCUT2D eigenvalue weighted by Gasteiger charge is 2.52. The van der Waals surface area contributed by atoms with Gasteiger partial charge in [-0.05, 0) is 109 Å². The summed E-state index contributed by atoms with van der Waals surface area (Å²) in [7, 11) is 1.64. The quantitative estimate of drug-likeness (QED) is 0.147. The average molecular weight is 704 g/mol. The number of halogens is 1. The van der Waals surface area contributed by atoms with Crippen LogP contribution in [0.4, 0.5) is 5.82 Å². The molecule has 8 rings (SSSR count). The molecule has 3 aromatic carbocycles. The minimum Gasteiger partial charge on any atom is -0.497 e. The van der Waals surface area contributed by atoms with Gasteiger partial charge < -0.3 is 19.5 Å². The minimum atomic E-state index is -0.415. The van der Waals surface area contributed by atoms with Gasteiger partial charge in [0.1, 0.15) is 17.4 Å². The third-order valence-electron chi connectivity index (χ3n) is 10.0. The van der Waals surface area contributed by atoms with Crippen LogP contribution < -0.4 is 19.5 Å². The fraction of sp³-hybridized carbons (Fsp3) is 0.286. The molecule has 0 unspecified atom stereocenters. The maximum atomic E-state index is 13.2. The summed E-state index contributed by atoms with van der Waals surface area (Å²) in [4.78, 5) is 34.8. The van der Waals surface area contributed by atoms with Crippen molar-refractivity contribution in [3.8, 4) is 17.2 Å². The van der Waals surface area contributed by atoms with Gasteiger partial charge in [0, 0.05) is 36.9 Å². The van der Waals surface area contributed by atoms with E-state index in [1.54, 1.807) is 13.3 Å². The van der Waals surface area contributed by atoms with Gasteiger partial charge in [0.05, 0.1) is 17.9 Å². The van der Waals surface area contributed by atoms with Crippen molar-refractivity contribution in [2.75, 3.05) is 19.2 Å². The number of rotatable bonds is 11. The molecule has 1 aliphatic heterocycles. The van der Waals surface area contributed by atoms with Gasteiger partial charge in [-0.3, -0.25) is 14.6 Å². The van der Waals surface area contributed by atoms with Crippen molar-refractivity contribution in [1.82, 2.24) is 9.97 Å². The Hall–Kier alpha value is -5.21. The second-order valence-corrected chi connectivity index (χ2v) is 13.7. The molecule has 0 radical (unpaired) electrons. The Morgan fingerprint density at radius 1 is 0.843 bits per heavy atom. The summed E-state index contributed by atoms with van der Waals surface area (Å²) < 4.78 is 16.0. The molecule has 1 N–H and O–H groups in total. The van der Waals surface area contributed by atoms with Crippen LogP contribution in [0.2, 0.25) is 5.02 Å². The molecule has 2 aliphatic carbocycles. The summed E-state index contributed by atoms with van der Waals surface area (Å²) >= 11 is 6.27. The van der Waals surface area contributed by atoms with Gasteiger partial charge in [0.2, 0.25) is 12.7 Å². The van der Waals surface area contributed by atoms with E-state index in [4.69, 9.17) is 30.8 Å². The van der Waals surface area contributed by atoms with Crippen molar-refractivity contribution in [3.63, 3.8) is 0 Å². The summed E-state index contributed by atoms with van der Waals surface area (Å²) in [6, 6.07) is 31.1. The fourth-order valence-corrected chi connectivity index (χ4v) is 6.83. The maximum Gasteiger partial charge on any atom is 0.236 e. The molecule has 2 fully saturated rings. The van der Waals surface area contributed by atoms with Crippen LogP contribution in [0.1, 0.15) is 67.7 Å². The second kappa shape index (κ2) is 14.6. The molecule has 2 aromatic heterocycles. The van der Waals surface area contributed by atoms with Crippen molar-refractivity contribution in [2.24, 2.45) is 0 Å². The highest BCUT2D eigenvalue weighted by Crippen LogP contribution is 2.52. The Bertz CT molecular complexity index is 2060. The van der Waals surface area contributed by atoms with Crippen LogP contribution in [0.25, 0.3) is 0 Å². The Kier molecular flexibility index (Phi) is 9.78. The molecule has 8 nitrogen and oxygen atoms in total. The van der Waals surface area contributed by atoms with E-state index in [2.05, 4.69) is 17.2 Å². The van der Waals surface area contributed by atoms with Crippen LogP contribution in [0.3, 0.4) is 0 Å². The first-order chi connectivity index (χ1) is 24.8. The lowest BCUT2D eigenvalue weighted by atomic mass is 9.88. The number of Topliss-reactive ketones (excluding diaryl/α,β-unsaturated/α-hetero) is 1. The maximum absolute atomic E-state index is 13.2. The largest absolute Gasteiger partial charge is 0.497 e. The Morgan fingerprint density at radius 2 is 1.57 bits per heavy atom. The third kappa shape index (κ3) is 7.47. The number of fused-ring (bicyclic) bond motifs is 1. The lowest BCUT2D eigenvalue weighted by Gasteiger charge is -2.16. The predicted molar refractivity (Wildman–Crippen MR) is 199 cm³/mol. The lowest BCUT2D eigenvalue weighted by Crippen LogP contribution is -2.28. The molecule has 0 saturated heterocycles. The van der Waals surface area contributed by atoms with Gasteiger partial charge in [0.15, 0.2) is 11.5 Å². The van der Waals surface area contributed by atoms with E-state index in [-0.39, 0.29) is 19.9 Å². The van der Waals surface area contributed by atoms with Gasteiger partial charge in [0.25, 0.3) is 0 Å². The van der Waals surface area contributed by atoms with Gasteiger partial charge in [-0.15, -0.1) is 0 Å². The van der Waals surface area contributed by atoms with Crippen LogP contribution in [-0.2, 0) is 39.7 Å². The van der Waals surface area contributed by atoms with Crippen LogP contribution in [0, 0.1) is 0 Å². The van der Waals surface area contributed by atoms with Crippen LogP contribution in [-0.4, -0.2) is 35.6 Å². The highest BCUT2D eigenvalue weighted by atomic mass is 35.5. The molecule has 3 heterocycles. The van der Waals surface area contributed by atoms with E-state index in [1.807, 2.05) is 97.1 Å². The van der Waals surface area contributed by atoms with E-state index < -0.39 is 10.8 Å². The number of hydrogen-bond acceptors (Lipinski definition) is 7. The van der Waals surface area contributed by atoms with Gasteiger partial charge in [-0.25, -0.2) is 4.98 Å². The van der Waals surface area contributed by atoms with Crippen LogP contribution in [0.5, 0.6) is 17.2 Å². The molecular formula is C42H42ClN3O5. The standard InChI is InChI=1S/C24H20ClNO3.C18H20N2O2.H2/c25-20-7-2-1-4-16(20)12-18-5-3-6-19(26-18)14-23(27)24(10-11-24)17-8-9-21-22(13-17)29-15-28-21;1-3-13-8-11-19-16(12-13)20-17(21)18(9-10-18)14-4-6-15(22-2)7-5-14;/h1-9,13H,10-12,14-15H2;4-8,11-12H,3,9-10H2,1-2H3,(H,19,20,21);1H. The van der Waals surface area contributed by atoms with Crippen LogP contribution >= 0.6 is 11.6 Å². The number of anilines is 1. The molecule has 0 spiro atoms. The monoisotopic (exact) mass is 703 g/mol. The predicted octanol–water partition coefficient (Wildman–Crippen LogP) is 8.47. The topological polar surface area (TPSA) is 99.6 Å². The highest BCUT2D eigenvalue weighted by molar-refractivity contribution is 6.31. The van der Waals surface area contributed by atoms with E-state index in [0.717, 1.165) is 82.5 Å². The van der Waals surface area contributed by atoms with Crippen molar-refractivity contribution >= 4 is 29.1 Å². The summed E-state index contributed by atoms with van der Waals surface area (Å²) in [5.74, 6) is 3.13. The normalized spacial score (nSPS) is 15.6. The number of aromatic nitrogens is 2. The molecule has 0 bridgehead atoms.